The zero-order valence-corrected chi connectivity index (χ0v) is 19.2. The largest absolute Gasteiger partial charge is 0.464 e. The van der Waals surface area contributed by atoms with Gasteiger partial charge in [0.2, 0.25) is 0 Å². The Bertz CT molecular complexity index is 1120. The Hall–Kier alpha value is -3.67. The molecule has 34 heavy (non-hydrogen) atoms. The number of hydrogen-bond donors (Lipinski definition) is 2. The van der Waals surface area contributed by atoms with Gasteiger partial charge in [-0.15, -0.1) is 11.3 Å². The number of thiophene rings is 1. The molecule has 1 saturated heterocycles. The van der Waals surface area contributed by atoms with Gasteiger partial charge < -0.3 is 24.5 Å². The number of ether oxygens (including phenoxy) is 2. The summed E-state index contributed by atoms with van der Waals surface area (Å²) in [6.45, 7) is 0.551. The molecule has 1 spiro atoms. The molecule has 0 aromatic carbocycles. The topological polar surface area (TPSA) is 144 Å². The van der Waals surface area contributed by atoms with Gasteiger partial charge in [-0.05, 0) is 31.9 Å². The number of rotatable bonds is 8. The standard InChI is InChI=1S/C22H23N3O8S/c1-2-31-19(28)17-13(14-6-5-9-32-14)12-34-18(17)23-15(26)11-33-16(27)10-25-20(29)22(24-21(25)30)7-3-4-8-22/h5-6,9,12H,2-4,7-8,10-11H2,1H3,(H,23,26)(H,24,30). The van der Waals surface area contributed by atoms with E-state index in [1.165, 1.54) is 6.26 Å². The molecule has 2 N–H and O–H groups in total. The average Bonchev–Trinajstić information content (AvgIpc) is 3.59. The predicted molar refractivity (Wildman–Crippen MR) is 119 cm³/mol. The number of furan rings is 1. The van der Waals surface area contributed by atoms with Crippen molar-refractivity contribution < 1.29 is 37.9 Å². The number of hydrogen-bond acceptors (Lipinski definition) is 9. The summed E-state index contributed by atoms with van der Waals surface area (Å²) in [7, 11) is 0. The van der Waals surface area contributed by atoms with Crippen molar-refractivity contribution in [3.05, 3.63) is 29.3 Å². The quantitative estimate of drug-likeness (QED) is 0.425. The maximum atomic E-state index is 12.6. The summed E-state index contributed by atoms with van der Waals surface area (Å²) in [5, 5.41) is 7.06. The third-order valence-electron chi connectivity index (χ3n) is 5.66. The van der Waals surface area contributed by atoms with E-state index in [9.17, 15) is 24.0 Å². The molecule has 180 valence electrons. The maximum Gasteiger partial charge on any atom is 0.341 e. The number of nitrogens with zero attached hydrogens (tertiary/aromatic N) is 1. The number of carbonyl (C=O) groups excluding carboxylic acids is 5. The van der Waals surface area contributed by atoms with Crippen LogP contribution >= 0.6 is 11.3 Å². The van der Waals surface area contributed by atoms with Crippen molar-refractivity contribution in [2.45, 2.75) is 38.1 Å². The highest BCUT2D eigenvalue weighted by molar-refractivity contribution is 7.15. The highest BCUT2D eigenvalue weighted by Gasteiger charge is 2.52. The molecule has 4 rings (SSSR count). The molecule has 3 heterocycles. The van der Waals surface area contributed by atoms with Gasteiger partial charge in [-0.2, -0.15) is 0 Å². The minimum atomic E-state index is -0.927. The van der Waals surface area contributed by atoms with Crippen molar-refractivity contribution in [1.29, 1.82) is 0 Å². The number of esters is 2. The second-order valence-electron chi connectivity index (χ2n) is 7.87. The molecule has 0 atom stereocenters. The van der Waals surface area contributed by atoms with Crippen LogP contribution in [0.1, 0.15) is 43.0 Å². The molecule has 0 unspecified atom stereocenters. The lowest BCUT2D eigenvalue weighted by Crippen LogP contribution is -2.44. The molecule has 2 aliphatic rings. The van der Waals surface area contributed by atoms with E-state index in [-0.39, 0.29) is 17.2 Å². The van der Waals surface area contributed by atoms with Crippen molar-refractivity contribution in [2.75, 3.05) is 25.1 Å². The van der Waals surface area contributed by atoms with Crippen LogP contribution in [0.3, 0.4) is 0 Å². The molecule has 1 saturated carbocycles. The number of nitrogens with one attached hydrogen (secondary N) is 2. The number of amides is 4. The third-order valence-corrected chi connectivity index (χ3v) is 6.56. The Labute approximate surface area is 198 Å². The molecule has 2 aromatic rings. The summed E-state index contributed by atoms with van der Waals surface area (Å²) in [6.07, 6.45) is 4.18. The fourth-order valence-electron chi connectivity index (χ4n) is 4.09. The maximum absolute atomic E-state index is 12.6. The normalized spacial score (nSPS) is 16.6. The second-order valence-corrected chi connectivity index (χ2v) is 8.75. The first-order valence-corrected chi connectivity index (χ1v) is 11.6. The molecule has 12 heteroatoms. The van der Waals surface area contributed by atoms with Gasteiger partial charge in [0.1, 0.15) is 28.4 Å². The van der Waals surface area contributed by atoms with Gasteiger partial charge in [-0.25, -0.2) is 9.59 Å². The van der Waals surface area contributed by atoms with Crippen LogP contribution in [0.2, 0.25) is 0 Å². The molecule has 1 aliphatic carbocycles. The Morgan fingerprint density at radius 2 is 2.00 bits per heavy atom. The fourth-order valence-corrected chi connectivity index (χ4v) is 5.04. The van der Waals surface area contributed by atoms with Crippen LogP contribution < -0.4 is 10.6 Å². The first-order valence-electron chi connectivity index (χ1n) is 10.8. The minimum Gasteiger partial charge on any atom is -0.464 e. The zero-order chi connectivity index (χ0) is 24.3. The lowest BCUT2D eigenvalue weighted by Gasteiger charge is -2.19. The zero-order valence-electron chi connectivity index (χ0n) is 18.4. The lowest BCUT2D eigenvalue weighted by molar-refractivity contribution is -0.150. The van der Waals surface area contributed by atoms with E-state index in [1.54, 1.807) is 24.4 Å². The molecular formula is C22H23N3O8S. The number of carbonyl (C=O) groups is 5. The Morgan fingerprint density at radius 1 is 1.24 bits per heavy atom. The molecule has 0 radical (unpaired) electrons. The van der Waals surface area contributed by atoms with Gasteiger partial charge >= 0.3 is 18.0 Å². The molecule has 11 nitrogen and oxygen atoms in total. The lowest BCUT2D eigenvalue weighted by atomic mass is 9.98. The molecule has 2 aromatic heterocycles. The molecule has 2 fully saturated rings. The predicted octanol–water partition coefficient (Wildman–Crippen LogP) is 2.53. The Kier molecular flexibility index (Phi) is 6.68. The van der Waals surface area contributed by atoms with Gasteiger partial charge in [-0.1, -0.05) is 12.8 Å². The summed E-state index contributed by atoms with van der Waals surface area (Å²) in [6, 6.07) is 2.69. The number of imide groups is 1. The van der Waals surface area contributed by atoms with Crippen LogP contribution in [0.25, 0.3) is 11.3 Å². The molecular weight excluding hydrogens is 466 g/mol. The first-order chi connectivity index (χ1) is 16.3. The van der Waals surface area contributed by atoms with E-state index < -0.39 is 48.5 Å². The highest BCUT2D eigenvalue weighted by Crippen LogP contribution is 2.37. The van der Waals surface area contributed by atoms with Crippen LogP contribution in [0.5, 0.6) is 0 Å². The number of urea groups is 1. The van der Waals surface area contributed by atoms with E-state index in [0.29, 0.717) is 24.2 Å². The van der Waals surface area contributed by atoms with Crippen molar-refractivity contribution in [1.82, 2.24) is 10.2 Å². The summed E-state index contributed by atoms with van der Waals surface area (Å²) in [5.74, 6) is -2.25. The monoisotopic (exact) mass is 489 g/mol. The summed E-state index contributed by atoms with van der Waals surface area (Å²) in [4.78, 5) is 62.7. The first kappa shape index (κ1) is 23.5. The SMILES string of the molecule is CCOC(=O)c1c(-c2ccco2)csc1NC(=O)COC(=O)CN1C(=O)NC2(CCCC2)C1=O. The van der Waals surface area contributed by atoms with Crippen LogP contribution in [0, 0.1) is 0 Å². The van der Waals surface area contributed by atoms with Crippen LogP contribution in [0.15, 0.2) is 28.2 Å². The smallest absolute Gasteiger partial charge is 0.341 e. The van der Waals surface area contributed by atoms with Gasteiger partial charge in [0, 0.05) is 10.9 Å². The fraction of sp³-hybridized carbons (Fsp3) is 0.409. The highest BCUT2D eigenvalue weighted by atomic mass is 32.1. The van der Waals surface area contributed by atoms with Crippen molar-refractivity contribution in [3.8, 4) is 11.3 Å². The second kappa shape index (κ2) is 9.67. The van der Waals surface area contributed by atoms with Gasteiger partial charge in [0.25, 0.3) is 11.8 Å². The summed E-state index contributed by atoms with van der Waals surface area (Å²) >= 11 is 1.09. The van der Waals surface area contributed by atoms with Gasteiger partial charge in [-0.3, -0.25) is 19.3 Å². The van der Waals surface area contributed by atoms with E-state index in [0.717, 1.165) is 29.1 Å². The van der Waals surface area contributed by atoms with Gasteiger partial charge in [0.05, 0.1) is 12.9 Å². The van der Waals surface area contributed by atoms with E-state index in [2.05, 4.69) is 10.6 Å². The average molecular weight is 490 g/mol. The Morgan fingerprint density at radius 3 is 2.68 bits per heavy atom. The molecule has 0 bridgehead atoms. The van der Waals surface area contributed by atoms with Crippen LogP contribution in [0.4, 0.5) is 9.80 Å². The minimum absolute atomic E-state index is 0.127. The van der Waals surface area contributed by atoms with E-state index in [1.807, 2.05) is 0 Å². The molecule has 1 aliphatic heterocycles. The van der Waals surface area contributed by atoms with Crippen molar-refractivity contribution in [2.24, 2.45) is 0 Å². The van der Waals surface area contributed by atoms with Gasteiger partial charge in [0.15, 0.2) is 6.61 Å². The summed E-state index contributed by atoms with van der Waals surface area (Å²) in [5.41, 5.74) is -0.342. The van der Waals surface area contributed by atoms with Crippen molar-refractivity contribution >= 4 is 46.1 Å². The van der Waals surface area contributed by atoms with Crippen LogP contribution in [-0.4, -0.2) is 60.0 Å². The third kappa shape index (κ3) is 4.53. The van der Waals surface area contributed by atoms with Crippen molar-refractivity contribution in [3.63, 3.8) is 0 Å². The van der Waals surface area contributed by atoms with Crippen LogP contribution in [-0.2, 0) is 23.9 Å². The Balaban J connectivity index is 1.36. The van der Waals surface area contributed by atoms with E-state index in [4.69, 9.17) is 13.9 Å². The van der Waals surface area contributed by atoms with E-state index >= 15 is 0 Å². The number of anilines is 1. The molecule has 4 amide bonds. The summed E-state index contributed by atoms with van der Waals surface area (Å²) < 4.78 is 15.4.